The lowest BCUT2D eigenvalue weighted by atomic mass is 10.3. The Balaban J connectivity index is 2.13. The molecule has 0 spiro atoms. The molecule has 1 aromatic carbocycles. The number of rotatable bonds is 4. The number of benzene rings is 1. The van der Waals surface area contributed by atoms with Crippen LogP contribution in [0.5, 0.6) is 0 Å². The van der Waals surface area contributed by atoms with Gasteiger partial charge in [-0.15, -0.1) is 0 Å². The lowest BCUT2D eigenvalue weighted by Gasteiger charge is -2.06. The molecule has 1 heterocycles. The van der Waals surface area contributed by atoms with Gasteiger partial charge in [-0.1, -0.05) is 0 Å². The first-order valence-electron chi connectivity index (χ1n) is 5.87. The first-order valence-corrected chi connectivity index (χ1v) is 7.77. The van der Waals surface area contributed by atoms with E-state index >= 15 is 0 Å². The number of methoxy groups -OCH3 is 1. The second-order valence-electron chi connectivity index (χ2n) is 4.20. The molecule has 1 N–H and O–H groups in total. The zero-order chi connectivity index (χ0) is 15.5. The second kappa shape index (κ2) is 5.88. The molecule has 0 radical (unpaired) electrons. The molecule has 110 valence electrons. The maximum Gasteiger partial charge on any atom is 0.358 e. The van der Waals surface area contributed by atoms with Crippen LogP contribution in [0.1, 0.15) is 10.5 Å². The average Bonchev–Trinajstić information content (AvgIpc) is 2.47. The van der Waals surface area contributed by atoms with Gasteiger partial charge >= 0.3 is 5.97 Å². The Labute approximate surface area is 121 Å². The number of ether oxygens (including phenoxy) is 1. The van der Waals surface area contributed by atoms with Gasteiger partial charge in [-0.25, -0.2) is 23.2 Å². The highest BCUT2D eigenvalue weighted by atomic mass is 32.2. The van der Waals surface area contributed by atoms with Gasteiger partial charge in [-0.05, 0) is 24.3 Å². The molecule has 0 bridgehead atoms. The largest absolute Gasteiger partial charge is 0.464 e. The normalized spacial score (nSPS) is 11.0. The van der Waals surface area contributed by atoms with Crippen molar-refractivity contribution in [2.24, 2.45) is 0 Å². The number of esters is 1. The van der Waals surface area contributed by atoms with Crippen molar-refractivity contribution in [3.63, 3.8) is 0 Å². The van der Waals surface area contributed by atoms with Crippen LogP contribution in [0.4, 0.5) is 11.5 Å². The number of sulfone groups is 1. The van der Waals surface area contributed by atoms with Crippen LogP contribution in [0.3, 0.4) is 0 Å². The Morgan fingerprint density at radius 3 is 2.29 bits per heavy atom. The molecule has 8 heteroatoms. The molecule has 2 rings (SSSR count). The van der Waals surface area contributed by atoms with E-state index in [4.69, 9.17) is 0 Å². The van der Waals surface area contributed by atoms with E-state index in [0.717, 1.165) is 6.26 Å². The molecule has 0 aliphatic rings. The molecule has 0 saturated carbocycles. The molecule has 0 amide bonds. The van der Waals surface area contributed by atoms with Gasteiger partial charge in [0.25, 0.3) is 0 Å². The monoisotopic (exact) mass is 307 g/mol. The number of hydrogen-bond donors (Lipinski definition) is 1. The summed E-state index contributed by atoms with van der Waals surface area (Å²) in [7, 11) is -1.95. The minimum Gasteiger partial charge on any atom is -0.464 e. The van der Waals surface area contributed by atoms with Gasteiger partial charge in [-0.2, -0.15) is 0 Å². The van der Waals surface area contributed by atoms with E-state index in [2.05, 4.69) is 20.0 Å². The molecule has 0 saturated heterocycles. The molecule has 0 atom stereocenters. The van der Waals surface area contributed by atoms with Crippen molar-refractivity contribution in [2.75, 3.05) is 18.7 Å². The summed E-state index contributed by atoms with van der Waals surface area (Å²) < 4.78 is 27.2. The van der Waals surface area contributed by atoms with E-state index < -0.39 is 15.8 Å². The molecule has 0 unspecified atom stereocenters. The minimum absolute atomic E-state index is 0.107. The Kier molecular flexibility index (Phi) is 4.18. The quantitative estimate of drug-likeness (QED) is 0.853. The fourth-order valence-electron chi connectivity index (χ4n) is 1.54. The van der Waals surface area contributed by atoms with Crippen LogP contribution in [0.2, 0.25) is 0 Å². The van der Waals surface area contributed by atoms with Gasteiger partial charge in [0, 0.05) is 11.9 Å². The molecular formula is C13H13N3O4S. The van der Waals surface area contributed by atoms with Crippen molar-refractivity contribution >= 4 is 27.3 Å². The number of anilines is 2. The lowest BCUT2D eigenvalue weighted by Crippen LogP contribution is -2.05. The third kappa shape index (κ3) is 3.76. The SMILES string of the molecule is COC(=O)c1cnc(Nc2ccc(S(C)(=O)=O)cc2)cn1. The summed E-state index contributed by atoms with van der Waals surface area (Å²) in [5.74, 6) is -0.138. The van der Waals surface area contributed by atoms with Crippen LogP contribution in [-0.2, 0) is 14.6 Å². The third-order valence-corrected chi connectivity index (χ3v) is 3.73. The van der Waals surface area contributed by atoms with Crippen molar-refractivity contribution in [2.45, 2.75) is 4.90 Å². The average molecular weight is 307 g/mol. The molecule has 2 aromatic rings. The van der Waals surface area contributed by atoms with Crippen molar-refractivity contribution < 1.29 is 17.9 Å². The molecular weight excluding hydrogens is 294 g/mol. The summed E-state index contributed by atoms with van der Waals surface area (Å²) in [4.78, 5) is 19.4. The van der Waals surface area contributed by atoms with Crippen molar-refractivity contribution in [3.05, 3.63) is 42.4 Å². The first kappa shape index (κ1) is 14.9. The zero-order valence-corrected chi connectivity index (χ0v) is 12.2. The van der Waals surface area contributed by atoms with Crippen LogP contribution in [0.25, 0.3) is 0 Å². The highest BCUT2D eigenvalue weighted by Gasteiger charge is 2.08. The molecule has 0 aliphatic carbocycles. The smallest absolute Gasteiger partial charge is 0.358 e. The maximum absolute atomic E-state index is 11.3. The van der Waals surface area contributed by atoms with Crippen molar-refractivity contribution in [1.29, 1.82) is 0 Å². The summed E-state index contributed by atoms with van der Waals surface area (Å²) >= 11 is 0. The van der Waals surface area contributed by atoms with E-state index in [1.54, 1.807) is 12.1 Å². The number of nitrogens with zero attached hydrogens (tertiary/aromatic N) is 2. The zero-order valence-electron chi connectivity index (χ0n) is 11.4. The summed E-state index contributed by atoms with van der Waals surface area (Å²) in [6.45, 7) is 0. The first-order chi connectivity index (χ1) is 9.90. The van der Waals surface area contributed by atoms with Crippen molar-refractivity contribution in [1.82, 2.24) is 9.97 Å². The predicted molar refractivity (Wildman–Crippen MR) is 76.2 cm³/mol. The maximum atomic E-state index is 11.3. The van der Waals surface area contributed by atoms with Crippen LogP contribution < -0.4 is 5.32 Å². The fourth-order valence-corrected chi connectivity index (χ4v) is 2.17. The summed E-state index contributed by atoms with van der Waals surface area (Å²) in [6, 6.07) is 6.22. The Morgan fingerprint density at radius 1 is 1.14 bits per heavy atom. The summed E-state index contributed by atoms with van der Waals surface area (Å²) in [5.41, 5.74) is 0.762. The molecule has 1 aromatic heterocycles. The van der Waals surface area contributed by atoms with Gasteiger partial charge in [0.05, 0.1) is 24.4 Å². The van der Waals surface area contributed by atoms with E-state index in [-0.39, 0.29) is 10.6 Å². The molecule has 0 aliphatic heterocycles. The lowest BCUT2D eigenvalue weighted by molar-refractivity contribution is 0.0593. The third-order valence-electron chi connectivity index (χ3n) is 2.60. The Hall–Kier alpha value is -2.48. The minimum atomic E-state index is -3.22. The number of nitrogens with one attached hydrogen (secondary N) is 1. The second-order valence-corrected chi connectivity index (χ2v) is 6.22. The number of carbonyl (C=O) groups is 1. The summed E-state index contributed by atoms with van der Waals surface area (Å²) in [5, 5.41) is 2.95. The van der Waals surface area contributed by atoms with Crippen LogP contribution in [0, 0.1) is 0 Å². The van der Waals surface area contributed by atoms with Crippen molar-refractivity contribution in [3.8, 4) is 0 Å². The van der Waals surface area contributed by atoms with Crippen LogP contribution >= 0.6 is 0 Å². The fraction of sp³-hybridized carbons (Fsp3) is 0.154. The van der Waals surface area contributed by atoms with E-state index in [0.29, 0.717) is 11.5 Å². The van der Waals surface area contributed by atoms with E-state index in [1.165, 1.54) is 31.6 Å². The molecule has 7 nitrogen and oxygen atoms in total. The van der Waals surface area contributed by atoms with Gasteiger partial charge in [-0.3, -0.25) is 0 Å². The van der Waals surface area contributed by atoms with Crippen LogP contribution in [-0.4, -0.2) is 37.7 Å². The predicted octanol–water partition coefficient (Wildman–Crippen LogP) is 1.41. The Bertz CT molecular complexity index is 740. The van der Waals surface area contributed by atoms with Gasteiger partial charge < -0.3 is 10.1 Å². The number of aromatic nitrogens is 2. The van der Waals surface area contributed by atoms with Gasteiger partial charge in [0.2, 0.25) is 0 Å². The van der Waals surface area contributed by atoms with E-state index in [1.807, 2.05) is 0 Å². The molecule has 0 fully saturated rings. The Morgan fingerprint density at radius 2 is 1.81 bits per heavy atom. The summed E-state index contributed by atoms with van der Waals surface area (Å²) in [6.07, 6.45) is 3.82. The van der Waals surface area contributed by atoms with Gasteiger partial charge in [0.1, 0.15) is 5.82 Å². The molecule has 21 heavy (non-hydrogen) atoms. The topological polar surface area (TPSA) is 98.2 Å². The number of hydrogen-bond acceptors (Lipinski definition) is 7. The van der Waals surface area contributed by atoms with E-state index in [9.17, 15) is 13.2 Å². The van der Waals surface area contributed by atoms with Crippen LogP contribution in [0.15, 0.2) is 41.6 Å². The van der Waals surface area contributed by atoms with Gasteiger partial charge in [0.15, 0.2) is 15.5 Å². The standard InChI is InChI=1S/C13H13N3O4S/c1-20-13(17)11-7-15-12(8-14-11)16-9-3-5-10(6-4-9)21(2,18)19/h3-8H,1-2H3,(H,15,16). The highest BCUT2D eigenvalue weighted by Crippen LogP contribution is 2.17. The number of carbonyl (C=O) groups excluding carboxylic acids is 1. The highest BCUT2D eigenvalue weighted by molar-refractivity contribution is 7.90.